The maximum absolute atomic E-state index is 11.2. The minimum Gasteiger partial charge on any atom is -0.550 e. The summed E-state index contributed by atoms with van der Waals surface area (Å²) in [5.41, 5.74) is 0.955. The molecule has 0 heterocycles. The topological polar surface area (TPSA) is 69.2 Å². The van der Waals surface area contributed by atoms with Gasteiger partial charge in [-0.1, -0.05) is 28.1 Å². The van der Waals surface area contributed by atoms with Crippen molar-refractivity contribution >= 4 is 27.8 Å². The van der Waals surface area contributed by atoms with Crippen LogP contribution in [0.1, 0.15) is 18.4 Å². The third-order valence-electron chi connectivity index (χ3n) is 1.93. The first-order valence-corrected chi connectivity index (χ1v) is 5.58. The summed E-state index contributed by atoms with van der Waals surface area (Å²) >= 11 is 3.32. The van der Waals surface area contributed by atoms with Crippen LogP contribution in [0.2, 0.25) is 0 Å². The second-order valence-electron chi connectivity index (χ2n) is 3.28. The van der Waals surface area contributed by atoms with Crippen LogP contribution in [0.15, 0.2) is 28.7 Å². The van der Waals surface area contributed by atoms with Crippen LogP contribution in [0.4, 0.5) is 0 Å². The number of amides is 1. The Bertz CT molecular complexity index is 393. The van der Waals surface area contributed by atoms with Gasteiger partial charge in [-0.15, -0.1) is 0 Å². The summed E-state index contributed by atoms with van der Waals surface area (Å²) < 4.78 is 0.939. The van der Waals surface area contributed by atoms with Crippen molar-refractivity contribution in [1.29, 1.82) is 0 Å². The molecule has 1 amide bonds. The molecule has 0 unspecified atom stereocenters. The van der Waals surface area contributed by atoms with Gasteiger partial charge in [0.25, 0.3) is 0 Å². The molecule has 1 rings (SSSR count). The predicted molar refractivity (Wildman–Crippen MR) is 60.2 cm³/mol. The number of halogens is 1. The fourth-order valence-corrected chi connectivity index (χ4v) is 1.60. The van der Waals surface area contributed by atoms with Crippen LogP contribution in [0.25, 0.3) is 0 Å². The van der Waals surface area contributed by atoms with Crippen molar-refractivity contribution in [3.63, 3.8) is 0 Å². The van der Waals surface area contributed by atoms with E-state index in [1.54, 1.807) is 0 Å². The van der Waals surface area contributed by atoms with Crippen molar-refractivity contribution in [2.75, 3.05) is 0 Å². The van der Waals surface area contributed by atoms with E-state index in [2.05, 4.69) is 21.2 Å². The second-order valence-corrected chi connectivity index (χ2v) is 4.19. The number of nitrogens with one attached hydrogen (secondary N) is 1. The Balaban J connectivity index is 2.34. The third kappa shape index (κ3) is 4.93. The summed E-state index contributed by atoms with van der Waals surface area (Å²) in [5, 5.41) is 12.8. The molecule has 0 bridgehead atoms. The minimum absolute atomic E-state index is 0.0453. The largest absolute Gasteiger partial charge is 0.550 e. The standard InChI is InChI=1S/C11H12BrNO3/c12-9-3-1-2-8(6-9)7-13-10(14)4-5-11(15)16/h1-3,6H,4-5,7H2,(H,13,14)(H,15,16)/p-1. The highest BCUT2D eigenvalue weighted by molar-refractivity contribution is 9.10. The molecule has 16 heavy (non-hydrogen) atoms. The summed E-state index contributed by atoms with van der Waals surface area (Å²) in [5.74, 6) is -1.50. The van der Waals surface area contributed by atoms with E-state index in [0.717, 1.165) is 10.0 Å². The summed E-state index contributed by atoms with van der Waals surface area (Å²) in [7, 11) is 0. The lowest BCUT2D eigenvalue weighted by molar-refractivity contribution is -0.305. The van der Waals surface area contributed by atoms with Crippen molar-refractivity contribution in [2.24, 2.45) is 0 Å². The molecule has 0 radical (unpaired) electrons. The molecule has 0 atom stereocenters. The van der Waals surface area contributed by atoms with E-state index in [1.807, 2.05) is 24.3 Å². The molecule has 5 heteroatoms. The Morgan fingerprint density at radius 2 is 2.06 bits per heavy atom. The number of carbonyl (C=O) groups excluding carboxylic acids is 2. The first kappa shape index (κ1) is 12.7. The first-order chi connectivity index (χ1) is 7.58. The molecule has 1 aromatic carbocycles. The highest BCUT2D eigenvalue weighted by atomic mass is 79.9. The van der Waals surface area contributed by atoms with Crippen LogP contribution in [0.3, 0.4) is 0 Å². The second kappa shape index (κ2) is 6.27. The number of aliphatic carboxylic acids is 1. The molecule has 0 saturated heterocycles. The maximum Gasteiger partial charge on any atom is 0.220 e. The predicted octanol–water partition coefficient (Wildman–Crippen LogP) is 0.595. The molecular weight excluding hydrogens is 274 g/mol. The van der Waals surface area contributed by atoms with Gasteiger partial charge < -0.3 is 15.2 Å². The molecule has 1 N–H and O–H groups in total. The van der Waals surface area contributed by atoms with Crippen molar-refractivity contribution in [3.05, 3.63) is 34.3 Å². The van der Waals surface area contributed by atoms with Gasteiger partial charge in [-0.2, -0.15) is 0 Å². The summed E-state index contributed by atoms with van der Waals surface area (Å²) in [6.45, 7) is 0.394. The quantitative estimate of drug-likeness (QED) is 0.861. The van der Waals surface area contributed by atoms with Crippen molar-refractivity contribution in [2.45, 2.75) is 19.4 Å². The number of rotatable bonds is 5. The smallest absolute Gasteiger partial charge is 0.220 e. The van der Waals surface area contributed by atoms with E-state index in [9.17, 15) is 14.7 Å². The fraction of sp³-hybridized carbons (Fsp3) is 0.273. The summed E-state index contributed by atoms with van der Waals surface area (Å²) in [4.78, 5) is 21.3. The van der Waals surface area contributed by atoms with Gasteiger partial charge in [0, 0.05) is 23.4 Å². The minimum atomic E-state index is -1.21. The first-order valence-electron chi connectivity index (χ1n) is 4.79. The zero-order valence-corrected chi connectivity index (χ0v) is 10.1. The van der Waals surface area contributed by atoms with Crippen LogP contribution in [-0.2, 0) is 16.1 Å². The van der Waals surface area contributed by atoms with Gasteiger partial charge >= 0.3 is 0 Å². The van der Waals surface area contributed by atoms with Crippen LogP contribution >= 0.6 is 15.9 Å². The van der Waals surface area contributed by atoms with E-state index in [1.165, 1.54) is 0 Å². The average Bonchev–Trinajstić information content (AvgIpc) is 2.23. The van der Waals surface area contributed by atoms with Gasteiger partial charge in [-0.25, -0.2) is 0 Å². The normalized spacial score (nSPS) is 9.81. The van der Waals surface area contributed by atoms with Crippen molar-refractivity contribution in [1.82, 2.24) is 5.32 Å². The van der Waals surface area contributed by atoms with E-state index in [0.29, 0.717) is 6.54 Å². The Hall–Kier alpha value is -1.36. The Morgan fingerprint density at radius 3 is 2.69 bits per heavy atom. The molecule has 4 nitrogen and oxygen atoms in total. The highest BCUT2D eigenvalue weighted by Crippen LogP contribution is 2.11. The lowest BCUT2D eigenvalue weighted by Gasteiger charge is -2.06. The molecule has 0 fully saturated rings. The highest BCUT2D eigenvalue weighted by Gasteiger charge is 2.01. The Kier molecular flexibility index (Phi) is 4.98. The van der Waals surface area contributed by atoms with E-state index < -0.39 is 5.97 Å². The van der Waals surface area contributed by atoms with Gasteiger partial charge in [0.15, 0.2) is 0 Å². The van der Waals surface area contributed by atoms with E-state index in [4.69, 9.17) is 0 Å². The number of benzene rings is 1. The molecule has 0 aliphatic carbocycles. The third-order valence-corrected chi connectivity index (χ3v) is 2.43. The fourth-order valence-electron chi connectivity index (χ4n) is 1.15. The summed E-state index contributed by atoms with van der Waals surface area (Å²) in [6.07, 6.45) is -0.291. The molecule has 0 aliphatic rings. The molecule has 0 aliphatic heterocycles. The summed E-state index contributed by atoms with van der Waals surface area (Å²) in [6, 6.07) is 7.52. The SMILES string of the molecule is O=C([O-])CCC(=O)NCc1cccc(Br)c1. The van der Waals surface area contributed by atoms with Crippen LogP contribution in [0.5, 0.6) is 0 Å². The monoisotopic (exact) mass is 284 g/mol. The zero-order chi connectivity index (χ0) is 12.0. The van der Waals surface area contributed by atoms with Gasteiger partial charge in [0.2, 0.25) is 5.91 Å². The van der Waals surface area contributed by atoms with E-state index >= 15 is 0 Å². The maximum atomic E-state index is 11.2. The molecule has 0 aromatic heterocycles. The molecule has 1 aromatic rings. The zero-order valence-electron chi connectivity index (χ0n) is 8.53. The number of carbonyl (C=O) groups is 2. The number of hydrogen-bond donors (Lipinski definition) is 1. The van der Waals surface area contributed by atoms with Crippen LogP contribution < -0.4 is 10.4 Å². The molecular formula is C11H11BrNO3-. The number of carboxylic acid groups (broad SMARTS) is 1. The number of hydrogen-bond acceptors (Lipinski definition) is 3. The van der Waals surface area contributed by atoms with Crippen molar-refractivity contribution in [3.8, 4) is 0 Å². The van der Waals surface area contributed by atoms with Crippen LogP contribution in [0, 0.1) is 0 Å². The molecule has 86 valence electrons. The average molecular weight is 285 g/mol. The van der Waals surface area contributed by atoms with E-state index in [-0.39, 0.29) is 18.7 Å². The lowest BCUT2D eigenvalue weighted by atomic mass is 10.2. The molecule has 0 spiro atoms. The van der Waals surface area contributed by atoms with Crippen molar-refractivity contribution < 1.29 is 14.7 Å². The number of carboxylic acids is 1. The molecule has 0 saturated carbocycles. The Labute approximate surface area is 102 Å². The Morgan fingerprint density at radius 1 is 1.31 bits per heavy atom. The van der Waals surface area contributed by atoms with Gasteiger partial charge in [0.1, 0.15) is 0 Å². The van der Waals surface area contributed by atoms with Crippen LogP contribution in [-0.4, -0.2) is 11.9 Å². The van der Waals surface area contributed by atoms with Gasteiger partial charge in [-0.3, -0.25) is 4.79 Å². The van der Waals surface area contributed by atoms with Gasteiger partial charge in [-0.05, 0) is 24.1 Å². The van der Waals surface area contributed by atoms with Gasteiger partial charge in [0.05, 0.1) is 0 Å². The lowest BCUT2D eigenvalue weighted by Crippen LogP contribution is -2.27.